The number of aromatic nitrogens is 1. The molecule has 3 unspecified atom stereocenters. The predicted octanol–water partition coefficient (Wildman–Crippen LogP) is 8.80. The van der Waals surface area contributed by atoms with Crippen molar-refractivity contribution in [3.05, 3.63) is 157 Å². The summed E-state index contributed by atoms with van der Waals surface area (Å²) in [4.78, 5) is 35.0. The molecular weight excluding hydrogens is 834 g/mol. The van der Waals surface area contributed by atoms with E-state index in [-0.39, 0.29) is 18.4 Å². The number of hydrogen-bond acceptors (Lipinski definition) is 11. The van der Waals surface area contributed by atoms with Crippen LogP contribution in [-0.4, -0.2) is 47.6 Å². The topological polar surface area (TPSA) is 149 Å². The van der Waals surface area contributed by atoms with Gasteiger partial charge in [0.1, 0.15) is 25.0 Å². The third-order valence-electron chi connectivity index (χ3n) is 10.9. The number of benzene rings is 5. The molecule has 3 heterocycles. The standard InChI is InChI=1S/C47H41Cl2N5O6S/c1-27-44(61-47(51)52-27)24-54-23-35-21-42-41(59-26-43(60-42)33-12-14-36(15-13-33)58-25-30-7-16-37(48)38(49)17-30)20-34(35)19-40(54)45(55)53-39(46(56)57-2)18-28-3-8-31(9-4-28)32-10-5-29(22-50)6-11-32/h3-17,20-21,39-40,43H,18-19,23-26H2,1-2H3,(H2,51,52)(H,53,55). The summed E-state index contributed by atoms with van der Waals surface area (Å²) < 4.78 is 24.0. The number of methoxy groups -OCH3 is 1. The number of thiazole rings is 1. The fraction of sp³-hybridized carbons (Fsp3) is 0.234. The summed E-state index contributed by atoms with van der Waals surface area (Å²) in [6, 6.07) is 32.8. The molecule has 0 saturated heterocycles. The van der Waals surface area contributed by atoms with Crippen molar-refractivity contribution in [1.82, 2.24) is 15.2 Å². The average Bonchev–Trinajstić information content (AvgIpc) is 3.60. The molecule has 310 valence electrons. The maximum atomic E-state index is 14.4. The van der Waals surface area contributed by atoms with E-state index in [1.54, 1.807) is 24.3 Å². The van der Waals surface area contributed by atoms with Gasteiger partial charge in [-0.15, -0.1) is 11.3 Å². The number of ether oxygens (including phenoxy) is 4. The van der Waals surface area contributed by atoms with E-state index in [1.165, 1.54) is 18.4 Å². The van der Waals surface area contributed by atoms with Gasteiger partial charge in [-0.3, -0.25) is 9.69 Å². The Labute approximate surface area is 367 Å². The molecule has 2 aliphatic heterocycles. The molecule has 0 radical (unpaired) electrons. The Bertz CT molecular complexity index is 2610. The van der Waals surface area contributed by atoms with Gasteiger partial charge in [0.05, 0.1) is 40.5 Å². The van der Waals surface area contributed by atoms with Crippen molar-refractivity contribution in [2.45, 2.75) is 57.6 Å². The molecule has 11 nitrogen and oxygen atoms in total. The van der Waals surface area contributed by atoms with E-state index >= 15 is 0 Å². The number of anilines is 1. The highest BCUT2D eigenvalue weighted by Crippen LogP contribution is 2.41. The van der Waals surface area contributed by atoms with Crippen molar-refractivity contribution in [3.63, 3.8) is 0 Å². The number of nitrogens with one attached hydrogen (secondary N) is 1. The minimum atomic E-state index is -0.928. The van der Waals surface area contributed by atoms with Gasteiger partial charge >= 0.3 is 5.97 Å². The van der Waals surface area contributed by atoms with Gasteiger partial charge in [0.15, 0.2) is 22.7 Å². The third kappa shape index (κ3) is 9.61. The summed E-state index contributed by atoms with van der Waals surface area (Å²) in [5.74, 6) is 1.08. The number of esters is 1. The quantitative estimate of drug-likeness (QED) is 0.114. The molecule has 3 atom stereocenters. The number of rotatable bonds is 12. The molecule has 2 aliphatic rings. The summed E-state index contributed by atoms with van der Waals surface area (Å²) in [6.07, 6.45) is 0.248. The van der Waals surface area contributed by atoms with Crippen LogP contribution in [0.2, 0.25) is 10.0 Å². The highest BCUT2D eigenvalue weighted by atomic mass is 35.5. The maximum Gasteiger partial charge on any atom is 0.328 e. The minimum absolute atomic E-state index is 0.230. The Hall–Kier alpha value is -6.10. The molecule has 8 rings (SSSR count). The Morgan fingerprint density at radius 2 is 1.66 bits per heavy atom. The van der Waals surface area contributed by atoms with Crippen molar-refractivity contribution in [1.29, 1.82) is 5.26 Å². The fourth-order valence-corrected chi connectivity index (χ4v) is 8.74. The van der Waals surface area contributed by atoms with Crippen molar-refractivity contribution in [2.75, 3.05) is 19.5 Å². The first-order valence-corrected chi connectivity index (χ1v) is 21.2. The highest BCUT2D eigenvalue weighted by Gasteiger charge is 2.36. The van der Waals surface area contributed by atoms with Crippen molar-refractivity contribution < 1.29 is 28.5 Å². The normalized spacial score (nSPS) is 16.2. The van der Waals surface area contributed by atoms with E-state index in [9.17, 15) is 9.59 Å². The molecule has 1 aromatic heterocycles. The van der Waals surface area contributed by atoms with Gasteiger partial charge in [-0.1, -0.05) is 77.8 Å². The number of nitrogens with zero attached hydrogens (tertiary/aromatic N) is 3. The highest BCUT2D eigenvalue weighted by molar-refractivity contribution is 7.15. The van der Waals surface area contributed by atoms with Crippen LogP contribution in [-0.2, 0) is 46.9 Å². The minimum Gasteiger partial charge on any atom is -0.489 e. The van der Waals surface area contributed by atoms with Crippen LogP contribution in [0, 0.1) is 18.3 Å². The molecule has 1 amide bonds. The number of carbonyl (C=O) groups is 2. The van der Waals surface area contributed by atoms with Gasteiger partial charge in [-0.25, -0.2) is 9.78 Å². The molecule has 14 heteroatoms. The lowest BCUT2D eigenvalue weighted by Gasteiger charge is -2.37. The summed E-state index contributed by atoms with van der Waals surface area (Å²) >= 11 is 13.6. The number of fused-ring (bicyclic) bond motifs is 2. The van der Waals surface area contributed by atoms with Crippen LogP contribution in [0.1, 0.15) is 50.1 Å². The monoisotopic (exact) mass is 873 g/mol. The largest absolute Gasteiger partial charge is 0.489 e. The second kappa shape index (κ2) is 18.3. The lowest BCUT2D eigenvalue weighted by molar-refractivity contribution is -0.145. The number of nitriles is 1. The number of nitrogens with two attached hydrogens (primary N) is 1. The van der Waals surface area contributed by atoms with Crippen LogP contribution in [0.25, 0.3) is 11.1 Å². The molecule has 0 spiro atoms. The second-order valence-corrected chi connectivity index (χ2v) is 16.9. The summed E-state index contributed by atoms with van der Waals surface area (Å²) in [6.45, 7) is 3.40. The Morgan fingerprint density at radius 3 is 2.33 bits per heavy atom. The SMILES string of the molecule is COC(=O)C(Cc1ccc(-c2ccc(C#N)cc2)cc1)NC(=O)C1Cc2cc3c(cc2CN1Cc1sc(N)nc1C)OC(c1ccc(OCc2ccc(Cl)c(Cl)c2)cc1)CO3. The van der Waals surface area contributed by atoms with Crippen LogP contribution in [0.4, 0.5) is 5.13 Å². The molecule has 61 heavy (non-hydrogen) atoms. The molecular formula is C47H41Cl2N5O6S. The molecule has 5 aromatic carbocycles. The summed E-state index contributed by atoms with van der Waals surface area (Å²) in [7, 11) is 1.32. The third-order valence-corrected chi connectivity index (χ3v) is 12.6. The van der Waals surface area contributed by atoms with Crippen molar-refractivity contribution in [2.24, 2.45) is 0 Å². The fourth-order valence-electron chi connectivity index (χ4n) is 7.56. The van der Waals surface area contributed by atoms with Crippen LogP contribution in [0.5, 0.6) is 17.2 Å². The summed E-state index contributed by atoms with van der Waals surface area (Å²) in [5.41, 5.74) is 14.1. The zero-order chi connectivity index (χ0) is 42.6. The van der Waals surface area contributed by atoms with Gasteiger partial charge < -0.3 is 30.0 Å². The second-order valence-electron chi connectivity index (χ2n) is 15.0. The van der Waals surface area contributed by atoms with Gasteiger partial charge in [0, 0.05) is 24.4 Å². The number of amides is 1. The van der Waals surface area contributed by atoms with E-state index in [4.69, 9.17) is 53.1 Å². The molecule has 0 aliphatic carbocycles. The zero-order valence-corrected chi connectivity index (χ0v) is 35.7. The summed E-state index contributed by atoms with van der Waals surface area (Å²) in [5, 5.41) is 13.6. The van der Waals surface area contributed by atoms with Crippen LogP contribution in [0.15, 0.2) is 103 Å². The number of carbonyl (C=O) groups excluding carboxylic acids is 2. The lowest BCUT2D eigenvalue weighted by atomic mass is 9.92. The van der Waals surface area contributed by atoms with E-state index in [0.29, 0.717) is 70.7 Å². The number of aryl methyl sites for hydroxylation is 1. The van der Waals surface area contributed by atoms with Gasteiger partial charge in [-0.05, 0) is 101 Å². The number of hydrogen-bond donors (Lipinski definition) is 2. The van der Waals surface area contributed by atoms with Gasteiger partial charge in [-0.2, -0.15) is 5.26 Å². The smallest absolute Gasteiger partial charge is 0.328 e. The van der Waals surface area contributed by atoms with Crippen LogP contribution in [0.3, 0.4) is 0 Å². The average molecular weight is 875 g/mol. The molecule has 0 saturated carbocycles. The first-order valence-electron chi connectivity index (χ1n) is 19.6. The predicted molar refractivity (Wildman–Crippen MR) is 235 cm³/mol. The molecule has 3 N–H and O–H groups in total. The van der Waals surface area contributed by atoms with Gasteiger partial charge in [0.2, 0.25) is 5.91 Å². The Morgan fingerprint density at radius 1 is 0.951 bits per heavy atom. The number of halogens is 2. The van der Waals surface area contributed by atoms with E-state index < -0.39 is 18.1 Å². The van der Waals surface area contributed by atoms with E-state index in [0.717, 1.165) is 49.5 Å². The maximum absolute atomic E-state index is 14.4. The first-order chi connectivity index (χ1) is 29.5. The van der Waals surface area contributed by atoms with Crippen LogP contribution >= 0.6 is 34.5 Å². The van der Waals surface area contributed by atoms with Crippen LogP contribution < -0.4 is 25.3 Å². The molecule has 0 bridgehead atoms. The Balaban J connectivity index is 0.977. The lowest BCUT2D eigenvalue weighted by Crippen LogP contribution is -2.54. The van der Waals surface area contributed by atoms with E-state index in [1.807, 2.05) is 85.8 Å². The van der Waals surface area contributed by atoms with Crippen molar-refractivity contribution in [3.8, 4) is 34.4 Å². The van der Waals surface area contributed by atoms with Gasteiger partial charge in [0.25, 0.3) is 0 Å². The molecule has 6 aromatic rings. The number of nitrogen functional groups attached to an aromatic ring is 1. The first kappa shape index (κ1) is 41.6. The molecule has 0 fully saturated rings. The van der Waals surface area contributed by atoms with Crippen molar-refractivity contribution >= 4 is 51.5 Å². The zero-order valence-electron chi connectivity index (χ0n) is 33.3. The Kier molecular flexibility index (Phi) is 12.5. The van der Waals surface area contributed by atoms with E-state index in [2.05, 4.69) is 21.3 Å².